The van der Waals surface area contributed by atoms with Crippen molar-refractivity contribution in [1.82, 2.24) is 0 Å². The predicted molar refractivity (Wildman–Crippen MR) is 77.2 cm³/mol. The zero-order chi connectivity index (χ0) is 13.5. The highest BCUT2D eigenvalue weighted by Gasteiger charge is 2.04. The van der Waals surface area contributed by atoms with Crippen molar-refractivity contribution in [2.45, 2.75) is 0 Å². The van der Waals surface area contributed by atoms with Gasteiger partial charge in [0.2, 0.25) is 0 Å². The first kappa shape index (κ1) is 13.4. The molecule has 2 aromatic carbocycles. The van der Waals surface area contributed by atoms with Gasteiger partial charge in [-0.3, -0.25) is 0 Å². The maximum atomic E-state index is 11.7. The Kier molecular flexibility index (Phi) is 4.76. The van der Waals surface area contributed by atoms with Crippen LogP contribution >= 0.6 is 11.6 Å². The summed E-state index contributed by atoms with van der Waals surface area (Å²) in [4.78, 5) is 11.7. The van der Waals surface area contributed by atoms with E-state index in [4.69, 9.17) is 16.3 Å². The van der Waals surface area contributed by atoms with Crippen molar-refractivity contribution in [2.24, 2.45) is 0 Å². The lowest BCUT2D eigenvalue weighted by Gasteiger charge is -2.01. The molecule has 0 heterocycles. The molecule has 0 radical (unpaired) electrons. The van der Waals surface area contributed by atoms with Gasteiger partial charge in [-0.2, -0.15) is 0 Å². The van der Waals surface area contributed by atoms with Gasteiger partial charge in [0.25, 0.3) is 0 Å². The van der Waals surface area contributed by atoms with E-state index in [1.807, 2.05) is 42.5 Å². The molecule has 96 valence electrons. The molecule has 0 bridgehead atoms. The predicted octanol–water partition coefficient (Wildman–Crippen LogP) is 4.21. The summed E-state index contributed by atoms with van der Waals surface area (Å²) in [5.74, 6) is -0.352. The first-order chi connectivity index (χ1) is 9.25. The van der Waals surface area contributed by atoms with Crippen molar-refractivity contribution in [3.05, 3.63) is 76.8 Å². The number of ether oxygens (including phenoxy) is 1. The van der Waals surface area contributed by atoms with Crippen LogP contribution in [0, 0.1) is 0 Å². The summed E-state index contributed by atoms with van der Waals surface area (Å²) in [6.07, 6.45) is 3.72. The molecule has 0 aliphatic rings. The van der Waals surface area contributed by atoms with E-state index < -0.39 is 0 Å². The number of hydrogen-bond acceptors (Lipinski definition) is 2. The quantitative estimate of drug-likeness (QED) is 0.780. The fourth-order valence-corrected chi connectivity index (χ4v) is 1.67. The second kappa shape index (κ2) is 6.76. The van der Waals surface area contributed by atoms with Crippen LogP contribution < -0.4 is 0 Å². The largest absolute Gasteiger partial charge is 0.458 e. The van der Waals surface area contributed by atoms with Crippen LogP contribution in [0.2, 0.25) is 5.02 Å². The molecule has 0 N–H and O–H groups in total. The third-order valence-corrected chi connectivity index (χ3v) is 2.75. The van der Waals surface area contributed by atoms with E-state index in [1.165, 1.54) is 0 Å². The van der Waals surface area contributed by atoms with Crippen LogP contribution in [-0.2, 0) is 4.74 Å². The van der Waals surface area contributed by atoms with E-state index in [1.54, 1.807) is 24.3 Å². The maximum Gasteiger partial charge on any atom is 0.338 e. The summed E-state index contributed by atoms with van der Waals surface area (Å²) in [7, 11) is 0. The second-order valence-corrected chi connectivity index (χ2v) is 4.35. The minimum atomic E-state index is -0.352. The van der Waals surface area contributed by atoms with Crippen LogP contribution in [0.3, 0.4) is 0 Å². The molecule has 0 aromatic heterocycles. The van der Waals surface area contributed by atoms with Crippen LogP contribution in [0.15, 0.2) is 60.7 Å². The van der Waals surface area contributed by atoms with Crippen LogP contribution in [0.1, 0.15) is 15.9 Å². The number of carbonyl (C=O) groups excluding carboxylic acids is 1. The molecule has 0 aliphatic carbocycles. The summed E-state index contributed by atoms with van der Waals surface area (Å²) in [6.45, 7) is 0.246. The van der Waals surface area contributed by atoms with Gasteiger partial charge in [0.1, 0.15) is 6.61 Å². The molecule has 2 rings (SSSR count). The van der Waals surface area contributed by atoms with E-state index >= 15 is 0 Å². The van der Waals surface area contributed by atoms with Gasteiger partial charge < -0.3 is 4.74 Å². The lowest BCUT2D eigenvalue weighted by atomic mass is 10.2. The Balaban J connectivity index is 1.84. The Labute approximate surface area is 117 Å². The summed E-state index contributed by atoms with van der Waals surface area (Å²) in [5, 5.41) is 0.598. The molecule has 2 aromatic rings. The van der Waals surface area contributed by atoms with Gasteiger partial charge in [0.15, 0.2) is 0 Å². The SMILES string of the molecule is O=C(OC/C=C/c1ccccc1)c1ccc(Cl)cc1. The van der Waals surface area contributed by atoms with Gasteiger partial charge >= 0.3 is 5.97 Å². The van der Waals surface area contributed by atoms with Crippen LogP contribution in [0.4, 0.5) is 0 Å². The fourth-order valence-electron chi connectivity index (χ4n) is 1.54. The minimum Gasteiger partial charge on any atom is -0.458 e. The number of halogens is 1. The molecule has 0 spiro atoms. The molecule has 0 saturated heterocycles. The maximum absolute atomic E-state index is 11.7. The summed E-state index contributed by atoms with van der Waals surface area (Å²) in [5.41, 5.74) is 1.57. The molecule has 0 saturated carbocycles. The third-order valence-electron chi connectivity index (χ3n) is 2.50. The van der Waals surface area contributed by atoms with Gasteiger partial charge in [-0.05, 0) is 35.9 Å². The lowest BCUT2D eigenvalue weighted by Crippen LogP contribution is -2.04. The van der Waals surface area contributed by atoms with Gasteiger partial charge in [-0.25, -0.2) is 4.79 Å². The molecule has 0 amide bonds. The monoisotopic (exact) mass is 272 g/mol. The van der Waals surface area contributed by atoms with Crippen LogP contribution in [-0.4, -0.2) is 12.6 Å². The second-order valence-electron chi connectivity index (χ2n) is 3.92. The Morgan fingerprint density at radius 3 is 2.42 bits per heavy atom. The number of esters is 1. The van der Waals surface area contributed by atoms with Crippen molar-refractivity contribution in [2.75, 3.05) is 6.61 Å². The van der Waals surface area contributed by atoms with E-state index in [-0.39, 0.29) is 12.6 Å². The molecule has 0 fully saturated rings. The highest BCUT2D eigenvalue weighted by atomic mass is 35.5. The Morgan fingerprint density at radius 1 is 1.05 bits per heavy atom. The number of rotatable bonds is 4. The average molecular weight is 273 g/mol. The Morgan fingerprint density at radius 2 is 1.74 bits per heavy atom. The summed E-state index contributed by atoms with van der Waals surface area (Å²) >= 11 is 5.75. The molecule has 0 aliphatic heterocycles. The van der Waals surface area contributed by atoms with Crippen molar-refractivity contribution in [1.29, 1.82) is 0 Å². The highest BCUT2D eigenvalue weighted by Crippen LogP contribution is 2.10. The van der Waals surface area contributed by atoms with Crippen LogP contribution in [0.5, 0.6) is 0 Å². The smallest absolute Gasteiger partial charge is 0.338 e. The number of carbonyl (C=O) groups is 1. The van der Waals surface area contributed by atoms with E-state index in [0.717, 1.165) is 5.56 Å². The standard InChI is InChI=1S/C16H13ClO2/c17-15-10-8-14(9-11-15)16(18)19-12-4-7-13-5-2-1-3-6-13/h1-11H,12H2/b7-4+. The third kappa shape index (κ3) is 4.27. The molecular weight excluding hydrogens is 260 g/mol. The minimum absolute atomic E-state index is 0.246. The Bertz CT molecular complexity index is 559. The number of hydrogen-bond donors (Lipinski definition) is 0. The molecule has 3 heteroatoms. The van der Waals surface area contributed by atoms with Gasteiger partial charge in [0, 0.05) is 5.02 Å². The fraction of sp³-hybridized carbons (Fsp3) is 0.0625. The van der Waals surface area contributed by atoms with Gasteiger partial charge in [-0.15, -0.1) is 0 Å². The zero-order valence-electron chi connectivity index (χ0n) is 10.3. The summed E-state index contributed by atoms with van der Waals surface area (Å²) < 4.78 is 5.12. The Hall–Kier alpha value is -2.06. The van der Waals surface area contributed by atoms with Crippen molar-refractivity contribution in [3.63, 3.8) is 0 Å². The van der Waals surface area contributed by atoms with E-state index in [9.17, 15) is 4.79 Å². The average Bonchev–Trinajstić information content (AvgIpc) is 2.45. The molecule has 2 nitrogen and oxygen atoms in total. The normalized spacial score (nSPS) is 10.6. The number of benzene rings is 2. The zero-order valence-corrected chi connectivity index (χ0v) is 11.0. The first-order valence-electron chi connectivity index (χ1n) is 5.90. The molecule has 0 unspecified atom stereocenters. The van der Waals surface area contributed by atoms with Gasteiger partial charge in [-0.1, -0.05) is 48.0 Å². The van der Waals surface area contributed by atoms with Crippen molar-refractivity contribution in [3.8, 4) is 0 Å². The van der Waals surface area contributed by atoms with E-state index in [0.29, 0.717) is 10.6 Å². The van der Waals surface area contributed by atoms with Gasteiger partial charge in [0.05, 0.1) is 5.56 Å². The van der Waals surface area contributed by atoms with Crippen molar-refractivity contribution >= 4 is 23.6 Å². The lowest BCUT2D eigenvalue weighted by molar-refractivity contribution is 0.0550. The molecule has 19 heavy (non-hydrogen) atoms. The molecular formula is C16H13ClO2. The topological polar surface area (TPSA) is 26.3 Å². The molecule has 0 atom stereocenters. The highest BCUT2D eigenvalue weighted by molar-refractivity contribution is 6.30. The summed E-state index contributed by atoms with van der Waals surface area (Å²) in [6, 6.07) is 16.5. The first-order valence-corrected chi connectivity index (χ1v) is 6.28. The van der Waals surface area contributed by atoms with E-state index in [2.05, 4.69) is 0 Å². The van der Waals surface area contributed by atoms with Crippen LogP contribution in [0.25, 0.3) is 6.08 Å². The van der Waals surface area contributed by atoms with Crippen molar-refractivity contribution < 1.29 is 9.53 Å².